The molecule has 0 atom stereocenters. The van der Waals surface area contributed by atoms with Crippen molar-refractivity contribution in [2.45, 2.75) is 6.42 Å². The van der Waals surface area contributed by atoms with Gasteiger partial charge in [-0.2, -0.15) is 0 Å². The number of anilines is 2. The molecule has 0 aliphatic carbocycles. The van der Waals surface area contributed by atoms with Gasteiger partial charge in [-0.1, -0.05) is 23.7 Å². The van der Waals surface area contributed by atoms with Crippen LogP contribution < -0.4 is 15.0 Å². The minimum atomic E-state index is -0.328. The fourth-order valence-electron chi connectivity index (χ4n) is 3.04. The first-order valence-electron chi connectivity index (χ1n) is 8.77. The second kappa shape index (κ2) is 8.77. The minimum Gasteiger partial charge on any atom is -0.497 e. The summed E-state index contributed by atoms with van der Waals surface area (Å²) in [6, 6.07) is 14.7. The molecule has 0 unspecified atom stereocenters. The SMILES string of the molecule is COc1cccc(NC(=O)CC(=O)N2CCN(c3cccc(Cl)c3)CC2)c1. The first-order chi connectivity index (χ1) is 13.0. The zero-order chi connectivity index (χ0) is 19.2. The molecule has 142 valence electrons. The van der Waals surface area contributed by atoms with Crippen molar-refractivity contribution >= 4 is 34.8 Å². The van der Waals surface area contributed by atoms with Crippen LogP contribution in [-0.4, -0.2) is 50.0 Å². The van der Waals surface area contributed by atoms with Crippen LogP contribution in [0, 0.1) is 0 Å². The third-order valence-electron chi connectivity index (χ3n) is 4.47. The van der Waals surface area contributed by atoms with Crippen molar-refractivity contribution in [2.24, 2.45) is 0 Å². The number of amides is 2. The summed E-state index contributed by atoms with van der Waals surface area (Å²) in [6.45, 7) is 2.59. The highest BCUT2D eigenvalue weighted by atomic mass is 35.5. The van der Waals surface area contributed by atoms with Crippen molar-refractivity contribution in [2.75, 3.05) is 43.5 Å². The molecule has 0 bridgehead atoms. The van der Waals surface area contributed by atoms with E-state index in [0.717, 1.165) is 5.69 Å². The second-order valence-electron chi connectivity index (χ2n) is 6.30. The molecule has 1 aliphatic heterocycles. The number of ether oxygens (including phenoxy) is 1. The Kier molecular flexibility index (Phi) is 6.19. The summed E-state index contributed by atoms with van der Waals surface area (Å²) in [6.07, 6.45) is -0.172. The first-order valence-corrected chi connectivity index (χ1v) is 9.15. The van der Waals surface area contributed by atoms with Gasteiger partial charge in [0, 0.05) is 48.6 Å². The van der Waals surface area contributed by atoms with E-state index < -0.39 is 0 Å². The molecule has 1 fully saturated rings. The molecule has 2 aromatic carbocycles. The van der Waals surface area contributed by atoms with Crippen LogP contribution in [-0.2, 0) is 9.59 Å². The van der Waals surface area contributed by atoms with E-state index in [0.29, 0.717) is 42.6 Å². The molecule has 1 aliphatic rings. The van der Waals surface area contributed by atoms with Gasteiger partial charge in [0.15, 0.2) is 0 Å². The number of nitrogens with zero attached hydrogens (tertiary/aromatic N) is 2. The predicted molar refractivity (Wildman–Crippen MR) is 106 cm³/mol. The predicted octanol–water partition coefficient (Wildman–Crippen LogP) is 3.03. The third kappa shape index (κ3) is 5.14. The summed E-state index contributed by atoms with van der Waals surface area (Å²) in [5, 5.41) is 3.43. The zero-order valence-corrected chi connectivity index (χ0v) is 15.9. The van der Waals surface area contributed by atoms with E-state index in [1.807, 2.05) is 24.3 Å². The molecule has 7 heteroatoms. The van der Waals surface area contributed by atoms with E-state index in [1.165, 1.54) is 0 Å². The summed E-state index contributed by atoms with van der Waals surface area (Å²) < 4.78 is 5.13. The molecule has 0 spiro atoms. The Balaban J connectivity index is 1.49. The van der Waals surface area contributed by atoms with E-state index in [4.69, 9.17) is 16.3 Å². The van der Waals surface area contributed by atoms with Crippen LogP contribution in [0.5, 0.6) is 5.75 Å². The normalized spacial score (nSPS) is 14.0. The van der Waals surface area contributed by atoms with Crippen LogP contribution in [0.1, 0.15) is 6.42 Å². The number of nitrogens with one attached hydrogen (secondary N) is 1. The topological polar surface area (TPSA) is 61.9 Å². The second-order valence-corrected chi connectivity index (χ2v) is 6.74. The molecular weight excluding hydrogens is 366 g/mol. The van der Waals surface area contributed by atoms with Gasteiger partial charge in [0.2, 0.25) is 11.8 Å². The van der Waals surface area contributed by atoms with Gasteiger partial charge in [-0.25, -0.2) is 0 Å². The van der Waals surface area contributed by atoms with Crippen molar-refractivity contribution < 1.29 is 14.3 Å². The van der Waals surface area contributed by atoms with Crippen molar-refractivity contribution in [3.05, 3.63) is 53.6 Å². The largest absolute Gasteiger partial charge is 0.497 e. The Morgan fingerprint density at radius 3 is 2.52 bits per heavy atom. The molecule has 27 heavy (non-hydrogen) atoms. The summed E-state index contributed by atoms with van der Waals surface area (Å²) >= 11 is 6.04. The fraction of sp³-hybridized carbons (Fsp3) is 0.300. The first kappa shape index (κ1) is 19.0. The molecule has 1 N–H and O–H groups in total. The number of benzene rings is 2. The van der Waals surface area contributed by atoms with E-state index >= 15 is 0 Å². The number of hydrogen-bond acceptors (Lipinski definition) is 4. The third-order valence-corrected chi connectivity index (χ3v) is 4.71. The lowest BCUT2D eigenvalue weighted by atomic mass is 10.2. The Morgan fingerprint density at radius 2 is 1.81 bits per heavy atom. The summed E-state index contributed by atoms with van der Waals surface area (Å²) in [4.78, 5) is 28.5. The van der Waals surface area contributed by atoms with Crippen molar-refractivity contribution in [1.29, 1.82) is 0 Å². The van der Waals surface area contributed by atoms with Gasteiger partial charge >= 0.3 is 0 Å². The van der Waals surface area contributed by atoms with Crippen LogP contribution in [0.2, 0.25) is 5.02 Å². The van der Waals surface area contributed by atoms with Gasteiger partial charge in [-0.05, 0) is 30.3 Å². The number of rotatable bonds is 5. The summed E-state index contributed by atoms with van der Waals surface area (Å²) in [5.41, 5.74) is 1.66. The average Bonchev–Trinajstić information content (AvgIpc) is 2.68. The number of carbonyl (C=O) groups is 2. The maximum absolute atomic E-state index is 12.4. The number of carbonyl (C=O) groups excluding carboxylic acids is 2. The van der Waals surface area contributed by atoms with Crippen molar-refractivity contribution in [3.63, 3.8) is 0 Å². The molecular formula is C20H22ClN3O3. The molecule has 1 heterocycles. The standard InChI is InChI=1S/C20H22ClN3O3/c1-27-18-7-3-5-16(13-18)22-19(25)14-20(26)24-10-8-23(9-11-24)17-6-2-4-15(21)12-17/h2-7,12-13H,8-11,14H2,1H3,(H,22,25). The lowest BCUT2D eigenvalue weighted by molar-refractivity contribution is -0.134. The van der Waals surface area contributed by atoms with Gasteiger partial charge in [0.25, 0.3) is 0 Å². The minimum absolute atomic E-state index is 0.166. The van der Waals surface area contributed by atoms with E-state index in [2.05, 4.69) is 10.2 Å². The number of methoxy groups -OCH3 is 1. The molecule has 1 saturated heterocycles. The van der Waals surface area contributed by atoms with E-state index in [1.54, 1.807) is 36.3 Å². The summed E-state index contributed by atoms with van der Waals surface area (Å²) in [5.74, 6) is 0.155. The molecule has 0 radical (unpaired) electrons. The molecule has 2 aromatic rings. The van der Waals surface area contributed by atoms with Crippen LogP contribution in [0.3, 0.4) is 0 Å². The highest BCUT2D eigenvalue weighted by Crippen LogP contribution is 2.21. The van der Waals surface area contributed by atoms with Gasteiger partial charge in [0.05, 0.1) is 7.11 Å². The molecule has 3 rings (SSSR count). The Morgan fingerprint density at radius 1 is 1.07 bits per heavy atom. The Labute approximate surface area is 163 Å². The molecule has 0 saturated carbocycles. The number of hydrogen-bond donors (Lipinski definition) is 1. The van der Waals surface area contributed by atoms with Gasteiger partial charge in [0.1, 0.15) is 12.2 Å². The van der Waals surface area contributed by atoms with Gasteiger partial charge < -0.3 is 19.9 Å². The quantitative estimate of drug-likeness (QED) is 0.801. The van der Waals surface area contributed by atoms with E-state index in [-0.39, 0.29) is 18.2 Å². The summed E-state index contributed by atoms with van der Waals surface area (Å²) in [7, 11) is 1.56. The fourth-order valence-corrected chi connectivity index (χ4v) is 3.23. The average molecular weight is 388 g/mol. The maximum atomic E-state index is 12.4. The van der Waals surface area contributed by atoms with Crippen LogP contribution in [0.4, 0.5) is 11.4 Å². The molecule has 0 aromatic heterocycles. The van der Waals surface area contributed by atoms with E-state index in [9.17, 15) is 9.59 Å². The molecule has 2 amide bonds. The number of piperazine rings is 1. The van der Waals surface area contributed by atoms with Crippen LogP contribution >= 0.6 is 11.6 Å². The lowest BCUT2D eigenvalue weighted by Crippen LogP contribution is -2.49. The lowest BCUT2D eigenvalue weighted by Gasteiger charge is -2.36. The van der Waals surface area contributed by atoms with Crippen molar-refractivity contribution in [3.8, 4) is 5.75 Å². The number of halogens is 1. The van der Waals surface area contributed by atoms with Crippen LogP contribution in [0.15, 0.2) is 48.5 Å². The zero-order valence-electron chi connectivity index (χ0n) is 15.2. The van der Waals surface area contributed by atoms with Gasteiger partial charge in [-0.15, -0.1) is 0 Å². The smallest absolute Gasteiger partial charge is 0.233 e. The molecule has 6 nitrogen and oxygen atoms in total. The van der Waals surface area contributed by atoms with Crippen molar-refractivity contribution in [1.82, 2.24) is 4.90 Å². The van der Waals surface area contributed by atoms with Crippen LogP contribution in [0.25, 0.3) is 0 Å². The maximum Gasteiger partial charge on any atom is 0.233 e. The highest BCUT2D eigenvalue weighted by molar-refractivity contribution is 6.30. The Hall–Kier alpha value is -2.73. The van der Waals surface area contributed by atoms with Gasteiger partial charge in [-0.3, -0.25) is 9.59 Å². The highest BCUT2D eigenvalue weighted by Gasteiger charge is 2.23. The monoisotopic (exact) mass is 387 g/mol. The Bertz CT molecular complexity index is 820.